The normalized spacial score (nSPS) is 11.9. The predicted octanol–water partition coefficient (Wildman–Crippen LogP) is 1.34. The van der Waals surface area contributed by atoms with Crippen molar-refractivity contribution < 1.29 is 9.53 Å². The van der Waals surface area contributed by atoms with Crippen molar-refractivity contribution in [2.45, 2.75) is 19.8 Å². The summed E-state index contributed by atoms with van der Waals surface area (Å²) in [6.45, 7) is 3.08. The van der Waals surface area contributed by atoms with E-state index in [9.17, 15) is 4.79 Å². The minimum absolute atomic E-state index is 0.0582. The molecule has 0 saturated heterocycles. The summed E-state index contributed by atoms with van der Waals surface area (Å²) < 4.78 is 5.30. The molecule has 1 rings (SSSR count). The van der Waals surface area contributed by atoms with E-state index >= 15 is 0 Å². The number of nitrogens with two attached hydrogens (primary N) is 1. The predicted molar refractivity (Wildman–Crippen MR) is 72.5 cm³/mol. The molecule has 0 fully saturated rings. The van der Waals surface area contributed by atoms with Gasteiger partial charge in [0.2, 0.25) is 5.91 Å². The van der Waals surface area contributed by atoms with Gasteiger partial charge in [0.05, 0.1) is 7.11 Å². The Morgan fingerprint density at radius 1 is 1.44 bits per heavy atom. The molecule has 18 heavy (non-hydrogen) atoms. The summed E-state index contributed by atoms with van der Waals surface area (Å²) in [4.78, 5) is 11.6. The number of carbonyl (C=O) groups is 1. The van der Waals surface area contributed by atoms with Gasteiger partial charge in [-0.2, -0.15) is 0 Å². The topological polar surface area (TPSA) is 64.3 Å². The number of ether oxygens (including phenoxy) is 1. The molecule has 0 aromatic heterocycles. The van der Waals surface area contributed by atoms with Crippen LogP contribution >= 0.6 is 0 Å². The zero-order chi connectivity index (χ0) is 13.4. The van der Waals surface area contributed by atoms with Crippen molar-refractivity contribution >= 4 is 5.91 Å². The van der Waals surface area contributed by atoms with Crippen LogP contribution in [0, 0.1) is 5.92 Å². The Balaban J connectivity index is 2.48. The van der Waals surface area contributed by atoms with Crippen LogP contribution in [0.15, 0.2) is 24.3 Å². The number of para-hydroxylation sites is 1. The summed E-state index contributed by atoms with van der Waals surface area (Å²) in [5, 5.41) is 2.78. The number of hydrogen-bond acceptors (Lipinski definition) is 3. The third-order valence-electron chi connectivity index (χ3n) is 2.76. The smallest absolute Gasteiger partial charge is 0.220 e. The Kier molecular flexibility index (Phi) is 6.22. The first-order valence-electron chi connectivity index (χ1n) is 6.26. The maximum Gasteiger partial charge on any atom is 0.220 e. The first-order chi connectivity index (χ1) is 8.67. The fourth-order valence-electron chi connectivity index (χ4n) is 1.92. The maximum absolute atomic E-state index is 11.6. The molecule has 3 N–H and O–H groups in total. The Morgan fingerprint density at radius 3 is 2.83 bits per heavy atom. The molecule has 0 saturated carbocycles. The minimum atomic E-state index is 0.0582. The lowest BCUT2D eigenvalue weighted by atomic mass is 9.97. The van der Waals surface area contributed by atoms with Crippen molar-refractivity contribution in [1.82, 2.24) is 5.32 Å². The van der Waals surface area contributed by atoms with Crippen LogP contribution < -0.4 is 15.8 Å². The number of rotatable bonds is 7. The van der Waals surface area contributed by atoms with Gasteiger partial charge in [0, 0.05) is 19.5 Å². The van der Waals surface area contributed by atoms with Crippen LogP contribution in [0.4, 0.5) is 0 Å². The van der Waals surface area contributed by atoms with E-state index in [1.807, 2.05) is 24.3 Å². The zero-order valence-electron chi connectivity index (χ0n) is 11.1. The molecule has 4 nitrogen and oxygen atoms in total. The average Bonchev–Trinajstić information content (AvgIpc) is 2.36. The van der Waals surface area contributed by atoms with E-state index in [4.69, 9.17) is 10.5 Å². The Labute approximate surface area is 109 Å². The highest BCUT2D eigenvalue weighted by atomic mass is 16.5. The summed E-state index contributed by atoms with van der Waals surface area (Å²) in [6.07, 6.45) is 1.35. The molecule has 1 aromatic carbocycles. The average molecular weight is 250 g/mol. The second-order valence-electron chi connectivity index (χ2n) is 4.46. The van der Waals surface area contributed by atoms with Gasteiger partial charge in [-0.3, -0.25) is 4.79 Å². The van der Waals surface area contributed by atoms with Gasteiger partial charge in [-0.1, -0.05) is 25.1 Å². The first-order valence-corrected chi connectivity index (χ1v) is 6.26. The van der Waals surface area contributed by atoms with Gasteiger partial charge in [0.1, 0.15) is 5.75 Å². The number of hydrogen-bond donors (Lipinski definition) is 2. The fraction of sp³-hybridized carbons (Fsp3) is 0.500. The number of nitrogens with one attached hydrogen (secondary N) is 1. The Morgan fingerprint density at radius 2 is 2.17 bits per heavy atom. The van der Waals surface area contributed by atoms with Crippen molar-refractivity contribution in [3.63, 3.8) is 0 Å². The second kappa shape index (κ2) is 7.71. The second-order valence-corrected chi connectivity index (χ2v) is 4.46. The third-order valence-corrected chi connectivity index (χ3v) is 2.76. The zero-order valence-corrected chi connectivity index (χ0v) is 11.1. The van der Waals surface area contributed by atoms with Gasteiger partial charge < -0.3 is 15.8 Å². The van der Waals surface area contributed by atoms with Gasteiger partial charge in [0.15, 0.2) is 0 Å². The van der Waals surface area contributed by atoms with Crippen molar-refractivity contribution in [3.8, 4) is 5.75 Å². The molecular weight excluding hydrogens is 228 g/mol. The quantitative estimate of drug-likeness (QED) is 0.767. The van der Waals surface area contributed by atoms with E-state index in [1.165, 1.54) is 0 Å². The molecule has 1 aromatic rings. The minimum Gasteiger partial charge on any atom is -0.496 e. The number of methoxy groups -OCH3 is 1. The molecular formula is C14H22N2O2. The van der Waals surface area contributed by atoms with Gasteiger partial charge in [-0.15, -0.1) is 0 Å². The van der Waals surface area contributed by atoms with E-state index in [0.717, 1.165) is 17.7 Å². The SMILES string of the molecule is COc1ccccc1CC(C)CC(=O)NCCN. The fourth-order valence-corrected chi connectivity index (χ4v) is 1.92. The van der Waals surface area contributed by atoms with E-state index in [0.29, 0.717) is 19.5 Å². The van der Waals surface area contributed by atoms with E-state index in [2.05, 4.69) is 12.2 Å². The van der Waals surface area contributed by atoms with Crippen LogP contribution in [0.3, 0.4) is 0 Å². The maximum atomic E-state index is 11.6. The third kappa shape index (κ3) is 4.75. The molecule has 0 bridgehead atoms. The monoisotopic (exact) mass is 250 g/mol. The van der Waals surface area contributed by atoms with Crippen molar-refractivity contribution in [2.24, 2.45) is 11.7 Å². The largest absolute Gasteiger partial charge is 0.496 e. The van der Waals surface area contributed by atoms with Gasteiger partial charge in [-0.25, -0.2) is 0 Å². The molecule has 4 heteroatoms. The van der Waals surface area contributed by atoms with Gasteiger partial charge >= 0.3 is 0 Å². The van der Waals surface area contributed by atoms with E-state index in [-0.39, 0.29) is 11.8 Å². The summed E-state index contributed by atoms with van der Waals surface area (Å²) in [7, 11) is 1.66. The Bertz CT molecular complexity index is 380. The first kappa shape index (κ1) is 14.5. The highest BCUT2D eigenvalue weighted by Gasteiger charge is 2.11. The van der Waals surface area contributed by atoms with Crippen LogP contribution in [-0.4, -0.2) is 26.1 Å². The van der Waals surface area contributed by atoms with Crippen molar-refractivity contribution in [1.29, 1.82) is 0 Å². The van der Waals surface area contributed by atoms with E-state index in [1.54, 1.807) is 7.11 Å². The number of amides is 1. The molecule has 0 heterocycles. The lowest BCUT2D eigenvalue weighted by molar-refractivity contribution is -0.121. The van der Waals surface area contributed by atoms with Crippen LogP contribution in [0.25, 0.3) is 0 Å². The van der Waals surface area contributed by atoms with Crippen molar-refractivity contribution in [3.05, 3.63) is 29.8 Å². The standard InChI is InChI=1S/C14H22N2O2/c1-11(10-14(17)16-8-7-15)9-12-5-3-4-6-13(12)18-2/h3-6,11H,7-10,15H2,1-2H3,(H,16,17). The highest BCUT2D eigenvalue weighted by molar-refractivity contribution is 5.76. The Hall–Kier alpha value is -1.55. The van der Waals surface area contributed by atoms with Crippen LogP contribution in [0.2, 0.25) is 0 Å². The molecule has 100 valence electrons. The lowest BCUT2D eigenvalue weighted by Crippen LogP contribution is -2.30. The van der Waals surface area contributed by atoms with Gasteiger partial charge in [-0.05, 0) is 24.0 Å². The molecule has 0 spiro atoms. The molecule has 1 unspecified atom stereocenters. The molecule has 0 aliphatic heterocycles. The highest BCUT2D eigenvalue weighted by Crippen LogP contribution is 2.21. The number of benzene rings is 1. The summed E-state index contributed by atoms with van der Waals surface area (Å²) >= 11 is 0. The van der Waals surface area contributed by atoms with Gasteiger partial charge in [0.25, 0.3) is 0 Å². The number of carbonyl (C=O) groups excluding carboxylic acids is 1. The van der Waals surface area contributed by atoms with E-state index < -0.39 is 0 Å². The van der Waals surface area contributed by atoms with Crippen LogP contribution in [0.5, 0.6) is 5.75 Å². The summed E-state index contributed by atoms with van der Waals surface area (Å²) in [5.41, 5.74) is 6.48. The van der Waals surface area contributed by atoms with Crippen LogP contribution in [-0.2, 0) is 11.2 Å². The lowest BCUT2D eigenvalue weighted by Gasteiger charge is -2.13. The molecule has 0 aliphatic rings. The molecule has 1 atom stereocenters. The summed E-state index contributed by atoms with van der Waals surface area (Å²) in [6, 6.07) is 7.91. The molecule has 0 aliphatic carbocycles. The summed E-state index contributed by atoms with van der Waals surface area (Å²) in [5.74, 6) is 1.22. The van der Waals surface area contributed by atoms with Crippen molar-refractivity contribution in [2.75, 3.05) is 20.2 Å². The molecule has 0 radical (unpaired) electrons. The van der Waals surface area contributed by atoms with Crippen LogP contribution in [0.1, 0.15) is 18.9 Å². The molecule has 1 amide bonds.